The van der Waals surface area contributed by atoms with Gasteiger partial charge in [-0.1, -0.05) is 18.2 Å². The van der Waals surface area contributed by atoms with E-state index in [4.69, 9.17) is 0 Å². The van der Waals surface area contributed by atoms with Crippen LogP contribution in [0.25, 0.3) is 0 Å². The third kappa shape index (κ3) is 4.12. The van der Waals surface area contributed by atoms with Crippen LogP contribution in [-0.2, 0) is 4.79 Å². The molecule has 2 nitrogen and oxygen atoms in total. The van der Waals surface area contributed by atoms with Crippen molar-refractivity contribution in [3.63, 3.8) is 0 Å². The molecule has 0 spiro atoms. The summed E-state index contributed by atoms with van der Waals surface area (Å²) in [7, 11) is 0. The van der Waals surface area contributed by atoms with Crippen molar-refractivity contribution in [3.05, 3.63) is 29.8 Å². The van der Waals surface area contributed by atoms with E-state index in [1.54, 1.807) is 0 Å². The van der Waals surface area contributed by atoms with Gasteiger partial charge in [-0.2, -0.15) is 13.2 Å². The van der Waals surface area contributed by atoms with Crippen molar-refractivity contribution in [2.75, 3.05) is 0 Å². The topological polar surface area (TPSA) is 26.3 Å². The molecule has 21 heavy (non-hydrogen) atoms. The zero-order valence-electron chi connectivity index (χ0n) is 10.5. The van der Waals surface area contributed by atoms with Gasteiger partial charge >= 0.3 is 12.5 Å². The van der Waals surface area contributed by atoms with E-state index in [-0.39, 0.29) is 12.0 Å². The summed E-state index contributed by atoms with van der Waals surface area (Å²) in [6, 6.07) is 5.27. The number of carbonyl (C=O) groups is 1. The largest absolute Gasteiger partial charge is 0.573 e. The van der Waals surface area contributed by atoms with Gasteiger partial charge in [-0.25, -0.2) is 0 Å². The predicted octanol–water partition coefficient (Wildman–Crippen LogP) is 4.21. The Kier molecular flexibility index (Phi) is 3.90. The van der Waals surface area contributed by atoms with E-state index in [0.717, 1.165) is 6.07 Å². The molecule has 2 rings (SSSR count). The quantitative estimate of drug-likeness (QED) is 0.779. The van der Waals surface area contributed by atoms with Crippen LogP contribution in [0.1, 0.15) is 24.3 Å². The molecule has 8 heteroatoms. The second kappa shape index (κ2) is 5.23. The molecule has 0 amide bonds. The van der Waals surface area contributed by atoms with Crippen LogP contribution in [0.15, 0.2) is 24.3 Å². The van der Waals surface area contributed by atoms with Crippen molar-refractivity contribution in [2.24, 2.45) is 5.92 Å². The minimum atomic E-state index is -4.91. The smallest absolute Gasteiger partial charge is 0.405 e. The lowest BCUT2D eigenvalue weighted by Crippen LogP contribution is -2.23. The second-order valence-electron chi connectivity index (χ2n) is 4.81. The molecule has 1 fully saturated rings. The first-order valence-electron chi connectivity index (χ1n) is 6.02. The molecule has 1 saturated carbocycles. The number of halogens is 6. The second-order valence-corrected chi connectivity index (χ2v) is 4.81. The monoisotopic (exact) mass is 312 g/mol. The van der Waals surface area contributed by atoms with Gasteiger partial charge in [-0.3, -0.25) is 4.79 Å². The number of ketones is 1. The Bertz CT molecular complexity index is 534. The Balaban J connectivity index is 2.07. The summed E-state index contributed by atoms with van der Waals surface area (Å²) < 4.78 is 77.0. The first-order chi connectivity index (χ1) is 9.58. The number of hydrogen-bond donors (Lipinski definition) is 0. The number of Topliss-reactive ketones (excluding diaryl/α,β-unsaturated/α-hetero) is 1. The fourth-order valence-corrected chi connectivity index (χ4v) is 2.21. The molecular formula is C13H10F6O2. The van der Waals surface area contributed by atoms with Crippen molar-refractivity contribution in [1.29, 1.82) is 0 Å². The third-order valence-corrected chi connectivity index (χ3v) is 3.23. The molecule has 0 saturated heterocycles. The van der Waals surface area contributed by atoms with Gasteiger partial charge in [-0.15, -0.1) is 13.2 Å². The molecule has 0 aliphatic heterocycles. The summed E-state index contributed by atoms with van der Waals surface area (Å²) in [6.45, 7) is 0. The molecule has 1 aromatic rings. The van der Waals surface area contributed by atoms with Gasteiger partial charge in [0.25, 0.3) is 0 Å². The normalized spacial score (nSPS) is 22.0. The molecule has 2 unspecified atom stereocenters. The zero-order chi connectivity index (χ0) is 15.8. The Labute approximate surface area is 115 Å². The average Bonchev–Trinajstić information content (AvgIpc) is 3.05. The lowest BCUT2D eigenvalue weighted by atomic mass is 10.1. The summed E-state index contributed by atoms with van der Waals surface area (Å²) >= 11 is 0. The summed E-state index contributed by atoms with van der Waals surface area (Å²) in [4.78, 5) is 10.9. The van der Waals surface area contributed by atoms with Crippen molar-refractivity contribution < 1.29 is 35.9 Å². The first kappa shape index (κ1) is 15.7. The highest BCUT2D eigenvalue weighted by Crippen LogP contribution is 2.53. The summed E-state index contributed by atoms with van der Waals surface area (Å²) in [5.41, 5.74) is 0.176. The number of para-hydroxylation sites is 1. The molecule has 0 radical (unpaired) electrons. The van der Waals surface area contributed by atoms with E-state index in [1.165, 1.54) is 18.2 Å². The van der Waals surface area contributed by atoms with E-state index in [0.29, 0.717) is 0 Å². The van der Waals surface area contributed by atoms with Crippen LogP contribution in [0.4, 0.5) is 26.3 Å². The van der Waals surface area contributed by atoms with E-state index in [1.807, 2.05) is 0 Å². The highest BCUT2D eigenvalue weighted by Gasteiger charge is 2.47. The zero-order valence-corrected chi connectivity index (χ0v) is 10.5. The van der Waals surface area contributed by atoms with Crippen LogP contribution in [0.5, 0.6) is 5.75 Å². The molecule has 116 valence electrons. The Hall–Kier alpha value is -1.73. The van der Waals surface area contributed by atoms with Gasteiger partial charge < -0.3 is 4.74 Å². The molecule has 1 aliphatic rings. The summed E-state index contributed by atoms with van der Waals surface area (Å²) in [6.07, 6.45) is -10.3. The maximum absolute atomic E-state index is 12.2. The fraction of sp³-hybridized carbons (Fsp3) is 0.462. The highest BCUT2D eigenvalue weighted by molar-refractivity contribution is 5.84. The fourth-order valence-electron chi connectivity index (χ4n) is 2.21. The SMILES string of the molecule is O=C(CC1CC1c1ccccc1OC(F)(F)F)C(F)(F)F. The number of benzene rings is 1. The Morgan fingerprint density at radius 1 is 1.14 bits per heavy atom. The molecule has 1 aromatic carbocycles. The van der Waals surface area contributed by atoms with Gasteiger partial charge in [0.15, 0.2) is 0 Å². The van der Waals surface area contributed by atoms with Crippen molar-refractivity contribution >= 4 is 5.78 Å². The van der Waals surface area contributed by atoms with Crippen LogP contribution in [-0.4, -0.2) is 18.3 Å². The maximum atomic E-state index is 12.2. The van der Waals surface area contributed by atoms with Crippen molar-refractivity contribution in [1.82, 2.24) is 0 Å². The molecule has 0 aromatic heterocycles. The molecule has 1 aliphatic carbocycles. The minimum absolute atomic E-state index is 0.176. The van der Waals surface area contributed by atoms with Crippen molar-refractivity contribution in [3.8, 4) is 5.75 Å². The maximum Gasteiger partial charge on any atom is 0.573 e. The highest BCUT2D eigenvalue weighted by atomic mass is 19.4. The predicted molar refractivity (Wildman–Crippen MR) is 59.7 cm³/mol. The van der Waals surface area contributed by atoms with Gasteiger partial charge in [-0.05, 0) is 29.9 Å². The number of hydrogen-bond acceptors (Lipinski definition) is 2. The number of carbonyl (C=O) groups excluding carboxylic acids is 1. The Morgan fingerprint density at radius 2 is 1.76 bits per heavy atom. The molecule has 2 atom stereocenters. The van der Waals surface area contributed by atoms with Crippen LogP contribution in [0.2, 0.25) is 0 Å². The van der Waals surface area contributed by atoms with Crippen molar-refractivity contribution in [2.45, 2.75) is 31.3 Å². The van der Waals surface area contributed by atoms with Crippen LogP contribution >= 0.6 is 0 Å². The first-order valence-corrected chi connectivity index (χ1v) is 6.02. The van der Waals surface area contributed by atoms with Crippen LogP contribution < -0.4 is 4.74 Å². The minimum Gasteiger partial charge on any atom is -0.405 e. The molecule has 0 heterocycles. The Morgan fingerprint density at radius 3 is 2.33 bits per heavy atom. The lowest BCUT2D eigenvalue weighted by molar-refractivity contribution is -0.274. The summed E-state index contributed by atoms with van der Waals surface area (Å²) in [5.74, 6) is -3.41. The number of ether oxygens (including phenoxy) is 1. The number of alkyl halides is 6. The van der Waals surface area contributed by atoms with Gasteiger partial charge in [0, 0.05) is 6.42 Å². The van der Waals surface area contributed by atoms with Crippen LogP contribution in [0.3, 0.4) is 0 Å². The van der Waals surface area contributed by atoms with E-state index >= 15 is 0 Å². The van der Waals surface area contributed by atoms with E-state index < -0.39 is 42.3 Å². The lowest BCUT2D eigenvalue weighted by Gasteiger charge is -2.13. The van der Waals surface area contributed by atoms with Crippen LogP contribution in [0, 0.1) is 5.92 Å². The van der Waals surface area contributed by atoms with Gasteiger partial charge in [0.1, 0.15) is 5.75 Å². The van der Waals surface area contributed by atoms with Gasteiger partial charge in [0.05, 0.1) is 0 Å². The third-order valence-electron chi connectivity index (χ3n) is 3.23. The standard InChI is InChI=1S/C13H10F6O2/c14-12(15,16)11(20)6-7-5-9(7)8-3-1-2-4-10(8)21-13(17,18)19/h1-4,7,9H,5-6H2. The van der Waals surface area contributed by atoms with E-state index in [9.17, 15) is 31.1 Å². The molecule has 0 bridgehead atoms. The average molecular weight is 312 g/mol. The van der Waals surface area contributed by atoms with Gasteiger partial charge in [0.2, 0.25) is 5.78 Å². The number of rotatable bonds is 4. The summed E-state index contributed by atoms with van der Waals surface area (Å²) in [5, 5.41) is 0. The molecule has 0 N–H and O–H groups in total. The molecular weight excluding hydrogens is 302 g/mol. The van der Waals surface area contributed by atoms with E-state index in [2.05, 4.69) is 4.74 Å².